The van der Waals surface area contributed by atoms with Crippen molar-refractivity contribution >= 4 is 36.9 Å². The van der Waals surface area contributed by atoms with Crippen LogP contribution >= 0.6 is 22.3 Å². The fourth-order valence-corrected chi connectivity index (χ4v) is 1.13. The van der Waals surface area contributed by atoms with E-state index in [1.54, 1.807) is 6.92 Å². The second kappa shape index (κ2) is 4.00. The van der Waals surface area contributed by atoms with Gasteiger partial charge >= 0.3 is 9.24 Å². The zero-order chi connectivity index (χ0) is 8.20. The lowest BCUT2D eigenvalue weighted by molar-refractivity contribution is 0.337. The van der Waals surface area contributed by atoms with E-state index in [4.69, 9.17) is 11.6 Å². The molecule has 0 aliphatic heterocycles. The molecule has 0 heterocycles. The molecule has 0 aromatic rings. The molecule has 0 aliphatic carbocycles. The first-order valence-electron chi connectivity index (χ1n) is 2.28. The van der Waals surface area contributed by atoms with E-state index in [1.807, 2.05) is 0 Å². The minimum Gasteiger partial charge on any atom is -0.469 e. The standard InChI is InChI=1S/C3H5Cl2NO3S/c1-2-9-3(4)6-10(5,7)8/h2H2,1H3/b6-3+. The zero-order valence-corrected chi connectivity index (χ0v) is 7.37. The second-order valence-corrected chi connectivity index (χ2v) is 3.69. The number of hydrogen-bond acceptors (Lipinski definition) is 3. The van der Waals surface area contributed by atoms with E-state index in [0.29, 0.717) is 0 Å². The summed E-state index contributed by atoms with van der Waals surface area (Å²) in [5, 5.41) is -0.475. The van der Waals surface area contributed by atoms with Crippen LogP contribution < -0.4 is 0 Å². The summed E-state index contributed by atoms with van der Waals surface area (Å²) >= 11 is 5.13. The van der Waals surface area contributed by atoms with E-state index in [2.05, 4.69) is 19.8 Å². The molecule has 10 heavy (non-hydrogen) atoms. The highest BCUT2D eigenvalue weighted by Crippen LogP contribution is 2.01. The molecule has 4 nitrogen and oxygen atoms in total. The van der Waals surface area contributed by atoms with Gasteiger partial charge in [0.2, 0.25) is 0 Å². The monoisotopic (exact) mass is 205 g/mol. The number of hydrogen-bond donors (Lipinski definition) is 0. The largest absolute Gasteiger partial charge is 0.469 e. The van der Waals surface area contributed by atoms with Crippen LogP contribution in [0.5, 0.6) is 0 Å². The minimum absolute atomic E-state index is 0.245. The van der Waals surface area contributed by atoms with Crippen molar-refractivity contribution in [3.05, 3.63) is 0 Å². The Labute approximate surface area is 68.3 Å². The Bertz CT molecular complexity index is 222. The van der Waals surface area contributed by atoms with E-state index < -0.39 is 14.6 Å². The minimum atomic E-state index is -3.94. The van der Waals surface area contributed by atoms with Crippen LogP contribution in [0.15, 0.2) is 4.40 Å². The average Bonchev–Trinajstić information content (AvgIpc) is 1.59. The smallest absolute Gasteiger partial charge is 0.343 e. The number of halogens is 2. The quantitative estimate of drug-likeness (QED) is 0.386. The van der Waals surface area contributed by atoms with Gasteiger partial charge in [0, 0.05) is 10.7 Å². The Balaban J connectivity index is 4.18. The van der Waals surface area contributed by atoms with Crippen molar-refractivity contribution < 1.29 is 13.2 Å². The lowest BCUT2D eigenvalue weighted by atomic mass is 10.9. The maximum atomic E-state index is 10.1. The van der Waals surface area contributed by atoms with Crippen LogP contribution in [-0.2, 0) is 14.0 Å². The van der Waals surface area contributed by atoms with Crippen LogP contribution in [0.4, 0.5) is 0 Å². The summed E-state index contributed by atoms with van der Waals surface area (Å²) in [5.74, 6) is 0. The molecule has 0 aliphatic rings. The maximum absolute atomic E-state index is 10.1. The highest BCUT2D eigenvalue weighted by Gasteiger charge is 2.03. The molecule has 0 saturated carbocycles. The first-order valence-corrected chi connectivity index (χ1v) is 4.93. The Hall–Kier alpha value is -0.000000000000000111. The zero-order valence-electron chi connectivity index (χ0n) is 5.04. The normalized spacial score (nSPS) is 13.3. The summed E-state index contributed by atoms with van der Waals surface area (Å²) in [4.78, 5) is 0. The Morgan fingerprint density at radius 2 is 2.20 bits per heavy atom. The van der Waals surface area contributed by atoms with E-state index in [0.717, 1.165) is 0 Å². The van der Waals surface area contributed by atoms with Crippen LogP contribution in [0.2, 0.25) is 0 Å². The summed E-state index contributed by atoms with van der Waals surface area (Å²) in [5.41, 5.74) is 0. The summed E-state index contributed by atoms with van der Waals surface area (Å²) in [6.45, 7) is 1.88. The molecule has 0 radical (unpaired) electrons. The molecule has 0 spiro atoms. The number of nitrogens with zero attached hydrogens (tertiary/aromatic N) is 1. The lowest BCUT2D eigenvalue weighted by Crippen LogP contribution is -1.97. The first-order chi connectivity index (χ1) is 4.45. The predicted molar refractivity (Wildman–Crippen MR) is 39.7 cm³/mol. The summed E-state index contributed by atoms with van der Waals surface area (Å²) in [6, 6.07) is 0. The van der Waals surface area contributed by atoms with Gasteiger partial charge in [0.25, 0.3) is 5.36 Å². The van der Waals surface area contributed by atoms with Gasteiger partial charge in [-0.3, -0.25) is 0 Å². The van der Waals surface area contributed by atoms with Gasteiger partial charge in [-0.1, -0.05) is 0 Å². The topological polar surface area (TPSA) is 55.7 Å². The lowest BCUT2D eigenvalue weighted by Gasteiger charge is -1.94. The van der Waals surface area contributed by atoms with Gasteiger partial charge in [-0.2, -0.15) is 8.42 Å². The first kappa shape index (κ1) is 10.0. The van der Waals surface area contributed by atoms with Crippen molar-refractivity contribution in [3.8, 4) is 0 Å². The van der Waals surface area contributed by atoms with Gasteiger partial charge in [-0.25, -0.2) is 0 Å². The van der Waals surface area contributed by atoms with Crippen LogP contribution in [0, 0.1) is 0 Å². The van der Waals surface area contributed by atoms with E-state index >= 15 is 0 Å². The van der Waals surface area contributed by atoms with E-state index in [-0.39, 0.29) is 6.61 Å². The van der Waals surface area contributed by atoms with Crippen LogP contribution in [-0.4, -0.2) is 20.4 Å². The van der Waals surface area contributed by atoms with E-state index in [9.17, 15) is 8.42 Å². The van der Waals surface area contributed by atoms with Gasteiger partial charge < -0.3 is 4.74 Å². The Morgan fingerprint density at radius 1 is 1.70 bits per heavy atom. The summed E-state index contributed by atoms with van der Waals surface area (Å²) < 4.78 is 27.5. The van der Waals surface area contributed by atoms with Gasteiger partial charge in [-0.15, -0.1) is 4.40 Å². The molecule has 0 fully saturated rings. The highest BCUT2D eigenvalue weighted by atomic mass is 35.7. The van der Waals surface area contributed by atoms with Crippen molar-refractivity contribution in [3.63, 3.8) is 0 Å². The number of ether oxygens (including phenoxy) is 1. The fourth-order valence-electron chi connectivity index (χ4n) is 0.231. The molecule has 0 N–H and O–H groups in total. The van der Waals surface area contributed by atoms with Crippen LogP contribution in [0.3, 0.4) is 0 Å². The molecule has 0 saturated heterocycles. The van der Waals surface area contributed by atoms with Crippen molar-refractivity contribution in [1.82, 2.24) is 0 Å². The van der Waals surface area contributed by atoms with Gasteiger partial charge in [0.1, 0.15) is 0 Å². The molecule has 0 unspecified atom stereocenters. The SMILES string of the molecule is CCO/C(Cl)=N/S(=O)(=O)Cl. The number of rotatable bonds is 2. The molecular weight excluding hydrogens is 201 g/mol. The molecule has 0 aromatic heterocycles. The predicted octanol–water partition coefficient (Wildman–Crippen LogP) is 1.10. The van der Waals surface area contributed by atoms with Gasteiger partial charge in [0.05, 0.1) is 6.61 Å². The highest BCUT2D eigenvalue weighted by molar-refractivity contribution is 8.12. The van der Waals surface area contributed by atoms with Crippen LogP contribution in [0.25, 0.3) is 0 Å². The summed E-state index contributed by atoms with van der Waals surface area (Å²) in [6.07, 6.45) is 0. The second-order valence-electron chi connectivity index (χ2n) is 1.19. The van der Waals surface area contributed by atoms with Crippen molar-refractivity contribution in [2.75, 3.05) is 6.61 Å². The van der Waals surface area contributed by atoms with Crippen LogP contribution in [0.1, 0.15) is 6.92 Å². The molecule has 0 atom stereocenters. The third-order valence-corrected chi connectivity index (χ3v) is 1.33. The molecule has 60 valence electrons. The Kier molecular flexibility index (Phi) is 4.00. The molecule has 0 rings (SSSR count). The van der Waals surface area contributed by atoms with Crippen molar-refractivity contribution in [2.45, 2.75) is 6.92 Å². The fraction of sp³-hybridized carbons (Fsp3) is 0.667. The van der Waals surface area contributed by atoms with Crippen molar-refractivity contribution in [2.24, 2.45) is 4.40 Å². The summed E-state index contributed by atoms with van der Waals surface area (Å²) in [7, 11) is 0.742. The average molecular weight is 206 g/mol. The van der Waals surface area contributed by atoms with Crippen molar-refractivity contribution in [1.29, 1.82) is 0 Å². The molecular formula is C3H5Cl2NO3S. The molecule has 7 heteroatoms. The molecule has 0 aromatic carbocycles. The third-order valence-electron chi connectivity index (χ3n) is 0.444. The van der Waals surface area contributed by atoms with Gasteiger partial charge in [0.15, 0.2) is 0 Å². The maximum Gasteiger partial charge on any atom is 0.343 e. The van der Waals surface area contributed by atoms with Gasteiger partial charge in [-0.05, 0) is 18.5 Å². The Morgan fingerprint density at radius 3 is 2.50 bits per heavy atom. The van der Waals surface area contributed by atoms with E-state index in [1.165, 1.54) is 0 Å². The molecule has 0 amide bonds. The third kappa shape index (κ3) is 6.12. The molecule has 0 bridgehead atoms.